The van der Waals surface area contributed by atoms with Crippen molar-refractivity contribution in [2.45, 2.75) is 51.7 Å². The summed E-state index contributed by atoms with van der Waals surface area (Å²) in [6, 6.07) is 2.25. The van der Waals surface area contributed by atoms with E-state index in [0.29, 0.717) is 12.1 Å². The average molecular weight is 239 g/mol. The number of hydrogen-bond donors (Lipinski definition) is 1. The Balaban J connectivity index is 1.85. The van der Waals surface area contributed by atoms with Gasteiger partial charge in [-0.3, -0.25) is 4.90 Å². The molecule has 1 saturated carbocycles. The second-order valence-electron chi connectivity index (χ2n) is 6.32. The molecule has 0 aromatic carbocycles. The van der Waals surface area contributed by atoms with Gasteiger partial charge in [-0.15, -0.1) is 0 Å². The third-order valence-corrected chi connectivity index (χ3v) is 4.42. The molecular formula is C14H29N3. The fourth-order valence-electron chi connectivity index (χ4n) is 2.74. The third kappa shape index (κ3) is 3.67. The van der Waals surface area contributed by atoms with Crippen LogP contribution in [0.2, 0.25) is 0 Å². The van der Waals surface area contributed by atoms with Gasteiger partial charge < -0.3 is 10.2 Å². The van der Waals surface area contributed by atoms with Gasteiger partial charge in [0.1, 0.15) is 0 Å². The fraction of sp³-hybridized carbons (Fsp3) is 1.00. The maximum Gasteiger partial charge on any atom is 0.0244 e. The van der Waals surface area contributed by atoms with Crippen LogP contribution in [-0.2, 0) is 0 Å². The van der Waals surface area contributed by atoms with E-state index in [9.17, 15) is 0 Å². The number of hydrogen-bond acceptors (Lipinski definition) is 3. The summed E-state index contributed by atoms with van der Waals surface area (Å²) in [5, 5.41) is 3.71. The Kier molecular flexibility index (Phi) is 4.45. The van der Waals surface area contributed by atoms with Gasteiger partial charge >= 0.3 is 0 Å². The van der Waals surface area contributed by atoms with E-state index in [2.05, 4.69) is 42.9 Å². The average Bonchev–Trinajstić information content (AvgIpc) is 3.07. The minimum Gasteiger partial charge on any atom is -0.312 e. The number of likely N-dealkylation sites (N-methyl/N-ethyl adjacent to an activating group) is 1. The van der Waals surface area contributed by atoms with Crippen LogP contribution in [-0.4, -0.2) is 61.2 Å². The second-order valence-corrected chi connectivity index (χ2v) is 6.32. The highest BCUT2D eigenvalue weighted by molar-refractivity contribution is 4.88. The van der Waals surface area contributed by atoms with E-state index in [4.69, 9.17) is 0 Å². The largest absolute Gasteiger partial charge is 0.312 e. The highest BCUT2D eigenvalue weighted by Crippen LogP contribution is 2.21. The van der Waals surface area contributed by atoms with Crippen LogP contribution < -0.4 is 5.32 Å². The van der Waals surface area contributed by atoms with Gasteiger partial charge in [0.15, 0.2) is 0 Å². The smallest absolute Gasteiger partial charge is 0.0244 e. The van der Waals surface area contributed by atoms with Gasteiger partial charge in [-0.1, -0.05) is 13.8 Å². The molecule has 0 amide bonds. The molecule has 0 radical (unpaired) electrons. The molecule has 2 aliphatic rings. The Hall–Kier alpha value is -0.120. The molecule has 2 unspecified atom stereocenters. The number of piperazine rings is 1. The summed E-state index contributed by atoms with van der Waals surface area (Å²) in [5.41, 5.74) is 0. The first kappa shape index (κ1) is 13.3. The summed E-state index contributed by atoms with van der Waals surface area (Å²) >= 11 is 0. The maximum atomic E-state index is 3.71. The predicted molar refractivity (Wildman–Crippen MR) is 73.3 cm³/mol. The van der Waals surface area contributed by atoms with E-state index in [1.165, 1.54) is 39.0 Å². The lowest BCUT2D eigenvalue weighted by Crippen LogP contribution is -2.57. The van der Waals surface area contributed by atoms with Crippen molar-refractivity contribution >= 4 is 0 Å². The minimum atomic E-state index is 0.700. The van der Waals surface area contributed by atoms with Gasteiger partial charge in [0, 0.05) is 44.3 Å². The first-order valence-corrected chi connectivity index (χ1v) is 7.25. The van der Waals surface area contributed by atoms with Gasteiger partial charge in [-0.25, -0.2) is 0 Å². The molecule has 1 N–H and O–H groups in total. The molecule has 0 aromatic rings. The molecule has 2 atom stereocenters. The van der Waals surface area contributed by atoms with Crippen molar-refractivity contribution in [3.8, 4) is 0 Å². The van der Waals surface area contributed by atoms with Gasteiger partial charge in [0.25, 0.3) is 0 Å². The normalized spacial score (nSPS) is 29.8. The summed E-state index contributed by atoms with van der Waals surface area (Å²) in [4.78, 5) is 5.17. The predicted octanol–water partition coefficient (Wildman–Crippen LogP) is 1.40. The molecule has 100 valence electrons. The zero-order valence-electron chi connectivity index (χ0n) is 11.9. The molecule has 1 heterocycles. The monoisotopic (exact) mass is 239 g/mol. The zero-order valence-corrected chi connectivity index (χ0v) is 11.9. The molecule has 1 saturated heterocycles. The highest BCUT2D eigenvalue weighted by atomic mass is 15.3. The van der Waals surface area contributed by atoms with Gasteiger partial charge in [-0.2, -0.15) is 0 Å². The van der Waals surface area contributed by atoms with Crippen molar-refractivity contribution in [3.63, 3.8) is 0 Å². The summed E-state index contributed by atoms with van der Waals surface area (Å²) in [6.45, 7) is 11.9. The first-order valence-electron chi connectivity index (χ1n) is 7.25. The zero-order chi connectivity index (χ0) is 12.4. The van der Waals surface area contributed by atoms with Crippen LogP contribution in [0.15, 0.2) is 0 Å². The standard InChI is InChI=1S/C14H29N3/c1-11(2)14(9-15-13-5-6-13)17-8-7-16(4)12(3)10-17/h11-15H,5-10H2,1-4H3. The van der Waals surface area contributed by atoms with Crippen molar-refractivity contribution in [1.82, 2.24) is 15.1 Å². The SMILES string of the molecule is CC(C)C(CNC1CC1)N1CCN(C)C(C)C1. The van der Waals surface area contributed by atoms with Crippen LogP contribution in [0.5, 0.6) is 0 Å². The van der Waals surface area contributed by atoms with Crippen molar-refractivity contribution in [3.05, 3.63) is 0 Å². The van der Waals surface area contributed by atoms with E-state index in [1.54, 1.807) is 0 Å². The van der Waals surface area contributed by atoms with Crippen molar-refractivity contribution in [2.75, 3.05) is 33.2 Å². The van der Waals surface area contributed by atoms with E-state index in [1.807, 2.05) is 0 Å². The Morgan fingerprint density at radius 1 is 1.24 bits per heavy atom. The maximum absolute atomic E-state index is 3.71. The minimum absolute atomic E-state index is 0.700. The Labute approximate surface area is 107 Å². The molecule has 0 aromatic heterocycles. The first-order chi connectivity index (χ1) is 8.08. The number of nitrogens with zero attached hydrogens (tertiary/aromatic N) is 2. The molecule has 1 aliphatic carbocycles. The summed E-state index contributed by atoms with van der Waals surface area (Å²) < 4.78 is 0. The summed E-state index contributed by atoms with van der Waals surface area (Å²) in [6.07, 6.45) is 2.79. The summed E-state index contributed by atoms with van der Waals surface area (Å²) in [7, 11) is 2.24. The fourth-order valence-corrected chi connectivity index (χ4v) is 2.74. The quantitative estimate of drug-likeness (QED) is 0.782. The molecule has 0 bridgehead atoms. The van der Waals surface area contributed by atoms with Crippen molar-refractivity contribution in [1.29, 1.82) is 0 Å². The lowest BCUT2D eigenvalue weighted by Gasteiger charge is -2.43. The van der Waals surface area contributed by atoms with Crippen LogP contribution in [0.1, 0.15) is 33.6 Å². The number of nitrogens with one attached hydrogen (secondary N) is 1. The van der Waals surface area contributed by atoms with Crippen molar-refractivity contribution < 1.29 is 0 Å². The van der Waals surface area contributed by atoms with E-state index in [-0.39, 0.29) is 0 Å². The van der Waals surface area contributed by atoms with Gasteiger partial charge in [-0.05, 0) is 32.7 Å². The number of rotatable bonds is 5. The molecular weight excluding hydrogens is 210 g/mol. The van der Waals surface area contributed by atoms with Crippen LogP contribution in [0.4, 0.5) is 0 Å². The van der Waals surface area contributed by atoms with Crippen LogP contribution >= 0.6 is 0 Å². The van der Waals surface area contributed by atoms with Crippen molar-refractivity contribution in [2.24, 2.45) is 5.92 Å². The van der Waals surface area contributed by atoms with Crippen LogP contribution in [0.3, 0.4) is 0 Å². The lowest BCUT2D eigenvalue weighted by molar-refractivity contribution is 0.0545. The van der Waals surface area contributed by atoms with E-state index in [0.717, 1.165) is 12.0 Å². The molecule has 0 spiro atoms. The molecule has 3 nitrogen and oxygen atoms in total. The van der Waals surface area contributed by atoms with Crippen LogP contribution in [0.25, 0.3) is 0 Å². The van der Waals surface area contributed by atoms with Gasteiger partial charge in [0.05, 0.1) is 0 Å². The molecule has 2 rings (SSSR count). The highest BCUT2D eigenvalue weighted by Gasteiger charge is 2.30. The Morgan fingerprint density at radius 2 is 1.94 bits per heavy atom. The van der Waals surface area contributed by atoms with Gasteiger partial charge in [0.2, 0.25) is 0 Å². The third-order valence-electron chi connectivity index (χ3n) is 4.42. The molecule has 17 heavy (non-hydrogen) atoms. The summed E-state index contributed by atoms with van der Waals surface area (Å²) in [5.74, 6) is 0.747. The Bertz CT molecular complexity index is 238. The molecule has 3 heteroatoms. The molecule has 2 fully saturated rings. The van der Waals surface area contributed by atoms with E-state index >= 15 is 0 Å². The topological polar surface area (TPSA) is 18.5 Å². The van der Waals surface area contributed by atoms with E-state index < -0.39 is 0 Å². The lowest BCUT2D eigenvalue weighted by atomic mass is 10.0. The second kappa shape index (κ2) is 5.68. The van der Waals surface area contributed by atoms with Crippen LogP contribution in [0, 0.1) is 5.92 Å². The Morgan fingerprint density at radius 3 is 2.47 bits per heavy atom. The molecule has 1 aliphatic heterocycles.